The Hall–Kier alpha value is -0.910. The van der Waals surface area contributed by atoms with Crippen LogP contribution >= 0.6 is 11.3 Å². The molecule has 2 nitrogen and oxygen atoms in total. The number of rotatable bonds is 2. The summed E-state index contributed by atoms with van der Waals surface area (Å²) in [6.45, 7) is 0. The highest BCUT2D eigenvalue weighted by Gasteiger charge is 2.48. The monoisotopic (exact) mass is 261 g/mol. The molecule has 0 aromatic carbocycles. The quantitative estimate of drug-likeness (QED) is 0.764. The Kier molecular flexibility index (Phi) is 2.33. The van der Waals surface area contributed by atoms with Crippen molar-refractivity contribution in [1.29, 1.82) is 0 Å². The van der Waals surface area contributed by atoms with Gasteiger partial charge in [0.15, 0.2) is 10.8 Å². The van der Waals surface area contributed by atoms with Crippen molar-refractivity contribution < 1.29 is 18.0 Å². The van der Waals surface area contributed by atoms with Gasteiger partial charge in [-0.3, -0.25) is 4.79 Å². The molecule has 0 bridgehead atoms. The Bertz CT molecular complexity index is 458. The number of Topliss-reactive ketones (excluding diaryl/α,β-unsaturated/α-hetero) is 1. The third kappa shape index (κ3) is 1.99. The zero-order valence-electron chi connectivity index (χ0n) is 8.83. The van der Waals surface area contributed by atoms with E-state index in [9.17, 15) is 18.0 Å². The third-order valence-electron chi connectivity index (χ3n) is 3.61. The van der Waals surface area contributed by atoms with Gasteiger partial charge < -0.3 is 0 Å². The molecule has 2 fully saturated rings. The van der Waals surface area contributed by atoms with Crippen molar-refractivity contribution in [2.24, 2.45) is 17.8 Å². The van der Waals surface area contributed by atoms with E-state index in [1.54, 1.807) is 0 Å². The molecular formula is C11H10F3NOS. The maximum Gasteiger partial charge on any atom is 0.443 e. The summed E-state index contributed by atoms with van der Waals surface area (Å²) in [4.78, 5) is 15.4. The predicted octanol–water partition coefficient (Wildman–Crippen LogP) is 3.39. The minimum absolute atomic E-state index is 0.0692. The summed E-state index contributed by atoms with van der Waals surface area (Å²) in [5.74, 6) is 1.09. The van der Waals surface area contributed by atoms with Crippen molar-refractivity contribution >= 4 is 17.1 Å². The van der Waals surface area contributed by atoms with E-state index in [4.69, 9.17) is 0 Å². The fraction of sp³-hybridized carbons (Fsp3) is 0.636. The van der Waals surface area contributed by atoms with Crippen LogP contribution in [0.5, 0.6) is 0 Å². The number of hydrogen-bond donors (Lipinski definition) is 0. The highest BCUT2D eigenvalue weighted by atomic mass is 32.1. The maximum atomic E-state index is 12.3. The first-order valence-electron chi connectivity index (χ1n) is 5.52. The summed E-state index contributed by atoms with van der Waals surface area (Å²) in [5, 5.41) is -0.927. The number of aromatic nitrogens is 1. The Morgan fingerprint density at radius 3 is 2.47 bits per heavy atom. The molecule has 0 N–H and O–H groups in total. The van der Waals surface area contributed by atoms with Crippen LogP contribution in [0.15, 0.2) is 6.20 Å². The molecule has 2 saturated carbocycles. The third-order valence-corrected chi connectivity index (χ3v) is 4.66. The standard InChI is InChI=1S/C11H10F3NOS/c12-11(13,14)10-15-4-8(17-10)9(16)7-2-5-1-6(5)3-7/h4-7H,1-3H2. The van der Waals surface area contributed by atoms with Gasteiger partial charge in [-0.2, -0.15) is 13.2 Å². The number of fused-ring (bicyclic) bond motifs is 1. The number of hydrogen-bond acceptors (Lipinski definition) is 3. The van der Waals surface area contributed by atoms with Crippen LogP contribution < -0.4 is 0 Å². The van der Waals surface area contributed by atoms with Crippen LogP contribution in [-0.2, 0) is 6.18 Å². The van der Waals surface area contributed by atoms with Gasteiger partial charge in [0, 0.05) is 12.1 Å². The molecule has 1 aromatic rings. The summed E-state index contributed by atoms with van der Waals surface area (Å²) in [6.07, 6.45) is -0.480. The van der Waals surface area contributed by atoms with E-state index >= 15 is 0 Å². The second-order valence-electron chi connectivity index (χ2n) is 4.82. The minimum Gasteiger partial charge on any atom is -0.293 e. The van der Waals surface area contributed by atoms with Gasteiger partial charge in [0.25, 0.3) is 0 Å². The number of carbonyl (C=O) groups is 1. The van der Waals surface area contributed by atoms with E-state index < -0.39 is 11.2 Å². The largest absolute Gasteiger partial charge is 0.443 e. The molecule has 0 amide bonds. The van der Waals surface area contributed by atoms with Crippen molar-refractivity contribution in [2.75, 3.05) is 0 Å². The van der Waals surface area contributed by atoms with Crippen LogP contribution in [0.4, 0.5) is 13.2 Å². The zero-order valence-corrected chi connectivity index (χ0v) is 9.64. The molecule has 1 aromatic heterocycles. The summed E-state index contributed by atoms with van der Waals surface area (Å²) in [7, 11) is 0. The lowest BCUT2D eigenvalue weighted by Gasteiger charge is -2.07. The predicted molar refractivity (Wildman–Crippen MR) is 55.8 cm³/mol. The molecule has 6 heteroatoms. The molecule has 0 radical (unpaired) electrons. The molecule has 2 aliphatic carbocycles. The van der Waals surface area contributed by atoms with Crippen LogP contribution in [0.25, 0.3) is 0 Å². The maximum absolute atomic E-state index is 12.3. The molecule has 0 saturated heterocycles. The average molecular weight is 261 g/mol. The first-order valence-corrected chi connectivity index (χ1v) is 6.34. The molecule has 2 unspecified atom stereocenters. The fourth-order valence-corrected chi connectivity index (χ4v) is 3.45. The normalized spacial score (nSPS) is 31.4. The number of alkyl halides is 3. The lowest BCUT2D eigenvalue weighted by atomic mass is 9.98. The molecule has 17 heavy (non-hydrogen) atoms. The zero-order chi connectivity index (χ0) is 12.2. The molecule has 92 valence electrons. The number of ketones is 1. The molecule has 2 atom stereocenters. The SMILES string of the molecule is O=C(c1cnc(C(F)(F)F)s1)C1CC2CC2C1. The molecule has 0 spiro atoms. The number of halogens is 3. The number of thiazole rings is 1. The summed E-state index contributed by atoms with van der Waals surface area (Å²) in [5.41, 5.74) is 0. The van der Waals surface area contributed by atoms with Gasteiger partial charge in [0.2, 0.25) is 0 Å². The average Bonchev–Trinajstić information content (AvgIpc) is 2.71. The lowest BCUT2D eigenvalue weighted by Crippen LogP contribution is -2.11. The number of carbonyl (C=O) groups excluding carboxylic acids is 1. The van der Waals surface area contributed by atoms with Crippen molar-refractivity contribution in [3.63, 3.8) is 0 Å². The van der Waals surface area contributed by atoms with Crippen LogP contribution in [-0.4, -0.2) is 10.8 Å². The first kappa shape index (κ1) is 11.2. The van der Waals surface area contributed by atoms with E-state index in [2.05, 4.69) is 4.98 Å². The van der Waals surface area contributed by atoms with Gasteiger partial charge >= 0.3 is 6.18 Å². The fourth-order valence-electron chi connectivity index (χ4n) is 2.65. The number of nitrogens with zero attached hydrogens (tertiary/aromatic N) is 1. The van der Waals surface area contributed by atoms with Gasteiger partial charge in [0.1, 0.15) is 0 Å². The summed E-state index contributed by atoms with van der Waals surface area (Å²) in [6, 6.07) is 0. The lowest BCUT2D eigenvalue weighted by molar-refractivity contribution is -0.137. The highest BCUT2D eigenvalue weighted by Crippen LogP contribution is 2.55. The second kappa shape index (κ2) is 3.54. The van der Waals surface area contributed by atoms with Crippen molar-refractivity contribution in [2.45, 2.75) is 25.4 Å². The van der Waals surface area contributed by atoms with Crippen molar-refractivity contribution in [3.8, 4) is 0 Å². The Balaban J connectivity index is 1.75. The van der Waals surface area contributed by atoms with Crippen LogP contribution in [0.2, 0.25) is 0 Å². The van der Waals surface area contributed by atoms with Gasteiger partial charge in [-0.15, -0.1) is 11.3 Å². The summed E-state index contributed by atoms with van der Waals surface area (Å²) < 4.78 is 37.0. The van der Waals surface area contributed by atoms with E-state index in [1.807, 2.05) is 0 Å². The van der Waals surface area contributed by atoms with Crippen LogP contribution in [0.1, 0.15) is 33.9 Å². The Morgan fingerprint density at radius 2 is 1.94 bits per heavy atom. The minimum atomic E-state index is -4.44. The topological polar surface area (TPSA) is 30.0 Å². The van der Waals surface area contributed by atoms with Gasteiger partial charge in [0.05, 0.1) is 4.88 Å². The van der Waals surface area contributed by atoms with Gasteiger partial charge in [-0.05, 0) is 31.1 Å². The molecule has 0 aliphatic heterocycles. The van der Waals surface area contributed by atoms with E-state index in [0.29, 0.717) is 23.2 Å². The molecule has 1 heterocycles. The van der Waals surface area contributed by atoms with Gasteiger partial charge in [-0.25, -0.2) is 4.98 Å². The molecular weight excluding hydrogens is 251 g/mol. The van der Waals surface area contributed by atoms with Crippen molar-refractivity contribution in [3.05, 3.63) is 16.1 Å². The Labute approximate surface area is 99.9 Å². The smallest absolute Gasteiger partial charge is 0.293 e. The van der Waals surface area contributed by atoms with E-state index in [1.165, 1.54) is 6.42 Å². The second-order valence-corrected chi connectivity index (χ2v) is 5.85. The van der Waals surface area contributed by atoms with E-state index in [0.717, 1.165) is 19.0 Å². The van der Waals surface area contributed by atoms with Crippen molar-refractivity contribution in [1.82, 2.24) is 4.98 Å². The highest BCUT2D eigenvalue weighted by molar-refractivity contribution is 7.13. The van der Waals surface area contributed by atoms with Gasteiger partial charge in [-0.1, -0.05) is 0 Å². The van der Waals surface area contributed by atoms with Crippen LogP contribution in [0, 0.1) is 17.8 Å². The van der Waals surface area contributed by atoms with E-state index in [-0.39, 0.29) is 16.6 Å². The molecule has 2 aliphatic rings. The Morgan fingerprint density at radius 1 is 1.29 bits per heavy atom. The first-order chi connectivity index (χ1) is 7.95. The summed E-state index contributed by atoms with van der Waals surface area (Å²) >= 11 is 0.465. The van der Waals surface area contributed by atoms with Crippen LogP contribution in [0.3, 0.4) is 0 Å². The molecule has 3 rings (SSSR count).